The Morgan fingerprint density at radius 2 is 2.24 bits per heavy atom. The first-order chi connectivity index (χ1) is 8.02. The van der Waals surface area contributed by atoms with E-state index in [2.05, 4.69) is 35.1 Å². The summed E-state index contributed by atoms with van der Waals surface area (Å²) in [6, 6.07) is 5.96. The van der Waals surface area contributed by atoms with Crippen LogP contribution in [0.3, 0.4) is 0 Å². The Labute approximate surface area is 102 Å². The highest BCUT2D eigenvalue weighted by Gasteiger charge is 2.27. The Morgan fingerprint density at radius 1 is 1.47 bits per heavy atom. The minimum Gasteiger partial charge on any atom is -0.352 e. The van der Waals surface area contributed by atoms with Crippen molar-refractivity contribution < 1.29 is 0 Å². The minimum absolute atomic E-state index is 0.0659. The van der Waals surface area contributed by atoms with Gasteiger partial charge in [-0.3, -0.25) is 0 Å². The van der Waals surface area contributed by atoms with Gasteiger partial charge in [0.1, 0.15) is 11.9 Å². The van der Waals surface area contributed by atoms with Gasteiger partial charge in [0, 0.05) is 30.9 Å². The van der Waals surface area contributed by atoms with Crippen LogP contribution in [-0.4, -0.2) is 30.2 Å². The van der Waals surface area contributed by atoms with Crippen LogP contribution in [0.5, 0.6) is 0 Å². The molecule has 1 aliphatic heterocycles. The Morgan fingerprint density at radius 3 is 2.88 bits per heavy atom. The molecule has 17 heavy (non-hydrogen) atoms. The normalized spacial score (nSPS) is 18.8. The highest BCUT2D eigenvalue weighted by Crippen LogP contribution is 2.21. The van der Waals surface area contributed by atoms with Crippen LogP contribution in [-0.2, 0) is 0 Å². The van der Waals surface area contributed by atoms with Gasteiger partial charge in [-0.25, -0.2) is 4.98 Å². The van der Waals surface area contributed by atoms with E-state index in [4.69, 9.17) is 5.26 Å². The van der Waals surface area contributed by atoms with Gasteiger partial charge in [-0.2, -0.15) is 5.26 Å². The summed E-state index contributed by atoms with van der Waals surface area (Å²) in [6.07, 6.45) is 0. The van der Waals surface area contributed by atoms with Crippen LogP contribution in [0.2, 0.25) is 0 Å². The maximum absolute atomic E-state index is 9.14. The number of anilines is 1. The molecule has 4 nitrogen and oxygen atoms in total. The van der Waals surface area contributed by atoms with Gasteiger partial charge in [-0.1, -0.05) is 0 Å². The lowest BCUT2D eigenvalue weighted by molar-refractivity contribution is 0.351. The van der Waals surface area contributed by atoms with Crippen molar-refractivity contribution in [3.05, 3.63) is 23.4 Å². The molecule has 4 heteroatoms. The molecule has 1 aromatic heterocycles. The summed E-state index contributed by atoms with van der Waals surface area (Å²) in [7, 11) is 0. The first-order valence-corrected chi connectivity index (χ1v) is 5.89. The fourth-order valence-corrected chi connectivity index (χ4v) is 2.19. The van der Waals surface area contributed by atoms with E-state index in [9.17, 15) is 0 Å². The van der Waals surface area contributed by atoms with Gasteiger partial charge in [0.15, 0.2) is 0 Å². The summed E-state index contributed by atoms with van der Waals surface area (Å²) in [6.45, 7) is 8.99. The first-order valence-electron chi connectivity index (χ1n) is 5.89. The lowest BCUT2D eigenvalue weighted by atomic mass is 10.0. The predicted molar refractivity (Wildman–Crippen MR) is 68.0 cm³/mol. The molecule has 1 aromatic rings. The van der Waals surface area contributed by atoms with Crippen molar-refractivity contribution in [1.29, 1.82) is 5.26 Å². The Balaban J connectivity index is 2.33. The van der Waals surface area contributed by atoms with Crippen LogP contribution in [0.15, 0.2) is 12.1 Å². The van der Waals surface area contributed by atoms with Gasteiger partial charge >= 0.3 is 0 Å². The van der Waals surface area contributed by atoms with Crippen LogP contribution < -0.4 is 10.2 Å². The number of hydrogen-bond acceptors (Lipinski definition) is 4. The molecule has 1 N–H and O–H groups in total. The largest absolute Gasteiger partial charge is 0.352 e. The highest BCUT2D eigenvalue weighted by molar-refractivity contribution is 5.55. The molecule has 0 atom stereocenters. The molecule has 0 saturated carbocycles. The maximum Gasteiger partial charge on any atom is 0.146 e. The number of pyridine rings is 1. The molecule has 2 heterocycles. The molecule has 0 aliphatic carbocycles. The van der Waals surface area contributed by atoms with Crippen LogP contribution >= 0.6 is 0 Å². The number of aryl methyl sites for hydroxylation is 1. The number of rotatable bonds is 1. The Kier molecular flexibility index (Phi) is 3.03. The smallest absolute Gasteiger partial charge is 0.146 e. The fourth-order valence-electron chi connectivity index (χ4n) is 2.19. The molecule has 0 aromatic carbocycles. The average Bonchev–Trinajstić information content (AvgIpc) is 2.27. The first kappa shape index (κ1) is 11.9. The molecule has 1 saturated heterocycles. The second-order valence-corrected chi connectivity index (χ2v) is 5.17. The van der Waals surface area contributed by atoms with Crippen LogP contribution in [0, 0.1) is 18.3 Å². The van der Waals surface area contributed by atoms with Crippen LogP contribution in [0.1, 0.15) is 25.1 Å². The molecular weight excluding hydrogens is 212 g/mol. The van der Waals surface area contributed by atoms with Gasteiger partial charge in [0.2, 0.25) is 0 Å². The predicted octanol–water partition coefficient (Wildman–Crippen LogP) is 1.45. The number of nitrogens with one attached hydrogen (secondary N) is 1. The van der Waals surface area contributed by atoms with Crippen molar-refractivity contribution in [3.8, 4) is 6.07 Å². The molecule has 0 amide bonds. The van der Waals surface area contributed by atoms with Crippen molar-refractivity contribution in [2.45, 2.75) is 26.3 Å². The summed E-state index contributed by atoms with van der Waals surface area (Å²) in [4.78, 5) is 6.71. The van der Waals surface area contributed by atoms with Gasteiger partial charge in [-0.15, -0.1) is 0 Å². The van der Waals surface area contributed by atoms with Crippen LogP contribution in [0.4, 0.5) is 5.82 Å². The lowest BCUT2D eigenvalue weighted by Crippen LogP contribution is -2.57. The molecule has 90 valence electrons. The van der Waals surface area contributed by atoms with Crippen molar-refractivity contribution in [1.82, 2.24) is 10.3 Å². The molecule has 0 radical (unpaired) electrons. The summed E-state index contributed by atoms with van der Waals surface area (Å²) in [5, 5.41) is 12.6. The van der Waals surface area contributed by atoms with E-state index < -0.39 is 0 Å². The third kappa shape index (κ3) is 2.56. The van der Waals surface area contributed by atoms with E-state index in [0.29, 0.717) is 5.56 Å². The summed E-state index contributed by atoms with van der Waals surface area (Å²) in [5.74, 6) is 0.821. The molecular formula is C13H18N4. The summed E-state index contributed by atoms with van der Waals surface area (Å²) < 4.78 is 0. The van der Waals surface area contributed by atoms with Gasteiger partial charge in [0.05, 0.1) is 5.56 Å². The highest BCUT2D eigenvalue weighted by atomic mass is 15.3. The average molecular weight is 230 g/mol. The number of nitriles is 1. The van der Waals surface area contributed by atoms with E-state index in [1.165, 1.54) is 0 Å². The Bertz CT molecular complexity index is 459. The zero-order chi connectivity index (χ0) is 12.5. The van der Waals surface area contributed by atoms with E-state index in [1.807, 2.05) is 19.1 Å². The fraction of sp³-hybridized carbons (Fsp3) is 0.538. The second-order valence-electron chi connectivity index (χ2n) is 5.17. The van der Waals surface area contributed by atoms with Gasteiger partial charge in [-0.05, 0) is 32.9 Å². The number of nitrogens with zero attached hydrogens (tertiary/aromatic N) is 3. The standard InChI is InChI=1S/C13H18N4/c1-10-4-5-11(8-14)12(16-10)17-7-6-15-13(2,3)9-17/h4-5,15H,6-7,9H2,1-3H3. The molecule has 1 aliphatic rings. The van der Waals surface area contributed by atoms with Gasteiger partial charge < -0.3 is 10.2 Å². The minimum atomic E-state index is 0.0659. The van der Waals surface area contributed by atoms with Crippen molar-refractivity contribution in [2.24, 2.45) is 0 Å². The number of hydrogen-bond donors (Lipinski definition) is 1. The zero-order valence-corrected chi connectivity index (χ0v) is 10.6. The number of piperazine rings is 1. The number of aromatic nitrogens is 1. The molecule has 0 unspecified atom stereocenters. The van der Waals surface area contributed by atoms with Crippen molar-refractivity contribution >= 4 is 5.82 Å². The third-order valence-electron chi connectivity index (χ3n) is 3.01. The van der Waals surface area contributed by atoms with E-state index in [-0.39, 0.29) is 5.54 Å². The second kappa shape index (κ2) is 4.34. The molecule has 1 fully saturated rings. The lowest BCUT2D eigenvalue weighted by Gasteiger charge is -2.40. The van der Waals surface area contributed by atoms with E-state index in [1.54, 1.807) is 0 Å². The Hall–Kier alpha value is -1.60. The zero-order valence-electron chi connectivity index (χ0n) is 10.6. The molecule has 0 bridgehead atoms. The van der Waals surface area contributed by atoms with E-state index >= 15 is 0 Å². The quantitative estimate of drug-likeness (QED) is 0.793. The maximum atomic E-state index is 9.14. The third-order valence-corrected chi connectivity index (χ3v) is 3.01. The van der Waals surface area contributed by atoms with Crippen molar-refractivity contribution in [3.63, 3.8) is 0 Å². The van der Waals surface area contributed by atoms with E-state index in [0.717, 1.165) is 31.1 Å². The molecule has 0 spiro atoms. The monoisotopic (exact) mass is 230 g/mol. The SMILES string of the molecule is Cc1ccc(C#N)c(N2CCNC(C)(C)C2)n1. The van der Waals surface area contributed by atoms with Crippen molar-refractivity contribution in [2.75, 3.05) is 24.5 Å². The molecule has 2 rings (SSSR count). The van der Waals surface area contributed by atoms with Gasteiger partial charge in [0.25, 0.3) is 0 Å². The summed E-state index contributed by atoms with van der Waals surface area (Å²) in [5.41, 5.74) is 1.68. The van der Waals surface area contributed by atoms with Crippen LogP contribution in [0.25, 0.3) is 0 Å². The summed E-state index contributed by atoms with van der Waals surface area (Å²) >= 11 is 0. The topological polar surface area (TPSA) is 52.0 Å².